The van der Waals surface area contributed by atoms with Crippen molar-refractivity contribution in [2.24, 2.45) is 5.16 Å². The van der Waals surface area contributed by atoms with Crippen LogP contribution in [0.15, 0.2) is 5.16 Å². The summed E-state index contributed by atoms with van der Waals surface area (Å²) in [5.74, 6) is 0. The van der Waals surface area contributed by atoms with Gasteiger partial charge in [0.2, 0.25) is 0 Å². The number of nitrogens with zero attached hydrogens (tertiary/aromatic N) is 1. The fourth-order valence-electron chi connectivity index (χ4n) is 0.156. The Morgan fingerprint density at radius 3 is 2.33 bits per heavy atom. The summed E-state index contributed by atoms with van der Waals surface area (Å²) in [6.07, 6.45) is 0. The molecule has 0 heterocycles. The average molecular weight is 86.1 g/mol. The van der Waals surface area contributed by atoms with Crippen LogP contribution in [0.5, 0.6) is 0 Å². The molecule has 35 valence electrons. The van der Waals surface area contributed by atoms with E-state index in [0.717, 1.165) is 0 Å². The lowest BCUT2D eigenvalue weighted by atomic mass is 10.5. The van der Waals surface area contributed by atoms with Crippen LogP contribution in [0.3, 0.4) is 0 Å². The van der Waals surface area contributed by atoms with E-state index in [1.165, 1.54) is 7.11 Å². The van der Waals surface area contributed by atoms with Gasteiger partial charge in [-0.15, -0.1) is 0 Å². The SMILES string of the molecule is [CH2]/C(C)=N/OC. The van der Waals surface area contributed by atoms with Crippen molar-refractivity contribution in [1.29, 1.82) is 0 Å². The largest absolute Gasteiger partial charge is 0.399 e. The highest BCUT2D eigenvalue weighted by Gasteiger charge is 1.69. The van der Waals surface area contributed by atoms with Crippen molar-refractivity contribution in [3.05, 3.63) is 6.92 Å². The lowest BCUT2D eigenvalue weighted by molar-refractivity contribution is 0.213. The highest BCUT2D eigenvalue weighted by atomic mass is 16.6. The molecule has 0 atom stereocenters. The van der Waals surface area contributed by atoms with Gasteiger partial charge in [-0.25, -0.2) is 0 Å². The topological polar surface area (TPSA) is 21.6 Å². The van der Waals surface area contributed by atoms with Gasteiger partial charge >= 0.3 is 0 Å². The smallest absolute Gasteiger partial charge is 0.106 e. The molecule has 0 unspecified atom stereocenters. The summed E-state index contributed by atoms with van der Waals surface area (Å²) in [5, 5.41) is 3.43. The van der Waals surface area contributed by atoms with Crippen molar-refractivity contribution < 1.29 is 4.84 Å². The third-order valence-electron chi connectivity index (χ3n) is 0.247. The zero-order chi connectivity index (χ0) is 4.99. The zero-order valence-corrected chi connectivity index (χ0v) is 4.06. The molecule has 2 nitrogen and oxygen atoms in total. The van der Waals surface area contributed by atoms with Crippen LogP contribution in [0.25, 0.3) is 0 Å². The van der Waals surface area contributed by atoms with Crippen LogP contribution in [0.2, 0.25) is 0 Å². The minimum atomic E-state index is 0.692. The fourth-order valence-corrected chi connectivity index (χ4v) is 0.156. The van der Waals surface area contributed by atoms with Gasteiger partial charge in [0.25, 0.3) is 0 Å². The predicted octanol–water partition coefficient (Wildman–Crippen LogP) is 0.843. The van der Waals surface area contributed by atoms with Crippen LogP contribution in [-0.4, -0.2) is 12.8 Å². The molecule has 0 bridgehead atoms. The summed E-state index contributed by atoms with van der Waals surface area (Å²) in [7, 11) is 1.49. The molecule has 6 heavy (non-hydrogen) atoms. The second-order valence-corrected chi connectivity index (χ2v) is 1.01. The van der Waals surface area contributed by atoms with Crippen LogP contribution in [0.1, 0.15) is 6.92 Å². The normalized spacial score (nSPS) is 11.5. The van der Waals surface area contributed by atoms with Gasteiger partial charge in [-0.1, -0.05) is 5.16 Å². The van der Waals surface area contributed by atoms with Gasteiger partial charge in [-0.2, -0.15) is 0 Å². The molecule has 0 amide bonds. The van der Waals surface area contributed by atoms with E-state index in [-0.39, 0.29) is 0 Å². The highest BCUT2D eigenvalue weighted by molar-refractivity contribution is 5.85. The Labute approximate surface area is 37.8 Å². The van der Waals surface area contributed by atoms with Crippen molar-refractivity contribution in [1.82, 2.24) is 0 Å². The predicted molar refractivity (Wildman–Crippen MR) is 25.5 cm³/mol. The zero-order valence-electron chi connectivity index (χ0n) is 4.06. The van der Waals surface area contributed by atoms with Gasteiger partial charge in [-0.05, 0) is 13.8 Å². The molecule has 0 aliphatic rings. The summed E-state index contributed by atoms with van der Waals surface area (Å²) in [6, 6.07) is 0. The quantitative estimate of drug-likeness (QED) is 0.342. The number of oxime groups is 1. The number of hydrogen-bond acceptors (Lipinski definition) is 2. The summed E-state index contributed by atoms with van der Waals surface area (Å²) in [4.78, 5) is 4.33. The Kier molecular flexibility index (Phi) is 2.46. The first kappa shape index (κ1) is 5.47. The highest BCUT2D eigenvalue weighted by Crippen LogP contribution is 1.70. The van der Waals surface area contributed by atoms with E-state index in [1.54, 1.807) is 6.92 Å². The van der Waals surface area contributed by atoms with Gasteiger partial charge in [0.1, 0.15) is 7.11 Å². The maximum Gasteiger partial charge on any atom is 0.106 e. The molecule has 0 aromatic carbocycles. The molecule has 0 spiro atoms. The van der Waals surface area contributed by atoms with Crippen molar-refractivity contribution in [2.45, 2.75) is 6.92 Å². The summed E-state index contributed by atoms with van der Waals surface area (Å²) < 4.78 is 0. The van der Waals surface area contributed by atoms with Gasteiger partial charge in [0.05, 0.1) is 5.71 Å². The monoisotopic (exact) mass is 86.1 g/mol. The molecule has 0 aromatic heterocycles. The third kappa shape index (κ3) is 3.47. The van der Waals surface area contributed by atoms with Gasteiger partial charge in [-0.3, -0.25) is 0 Å². The van der Waals surface area contributed by atoms with E-state index in [9.17, 15) is 0 Å². The second-order valence-electron chi connectivity index (χ2n) is 1.01. The van der Waals surface area contributed by atoms with E-state index in [0.29, 0.717) is 5.71 Å². The van der Waals surface area contributed by atoms with E-state index >= 15 is 0 Å². The second kappa shape index (κ2) is 2.69. The van der Waals surface area contributed by atoms with Crippen LogP contribution >= 0.6 is 0 Å². The Hall–Kier alpha value is -0.530. The molecular formula is C4H8NO. The van der Waals surface area contributed by atoms with Crippen molar-refractivity contribution in [2.75, 3.05) is 7.11 Å². The third-order valence-corrected chi connectivity index (χ3v) is 0.247. The van der Waals surface area contributed by atoms with Crippen LogP contribution in [0.4, 0.5) is 0 Å². The molecule has 2 heteroatoms. The lowest BCUT2D eigenvalue weighted by Gasteiger charge is -1.83. The van der Waals surface area contributed by atoms with Crippen LogP contribution in [-0.2, 0) is 4.84 Å². The molecule has 0 saturated carbocycles. The molecule has 0 fully saturated rings. The molecule has 0 saturated heterocycles. The maximum absolute atomic E-state index is 4.33. The van der Waals surface area contributed by atoms with Gasteiger partial charge in [0, 0.05) is 0 Å². The first-order valence-corrected chi connectivity index (χ1v) is 1.67. The first-order chi connectivity index (χ1) is 2.77. The molecule has 0 aliphatic heterocycles. The Balaban J connectivity index is 3.14. The Morgan fingerprint density at radius 2 is 2.33 bits per heavy atom. The van der Waals surface area contributed by atoms with Crippen molar-refractivity contribution >= 4 is 5.71 Å². The van der Waals surface area contributed by atoms with Crippen LogP contribution in [0, 0.1) is 6.92 Å². The molecule has 0 N–H and O–H groups in total. The number of hydrogen-bond donors (Lipinski definition) is 0. The Morgan fingerprint density at radius 1 is 1.83 bits per heavy atom. The fraction of sp³-hybridized carbons (Fsp3) is 0.500. The van der Waals surface area contributed by atoms with Gasteiger partial charge in [0.15, 0.2) is 0 Å². The minimum Gasteiger partial charge on any atom is -0.399 e. The van der Waals surface area contributed by atoms with Crippen molar-refractivity contribution in [3.8, 4) is 0 Å². The van der Waals surface area contributed by atoms with E-state index in [2.05, 4.69) is 16.9 Å². The first-order valence-electron chi connectivity index (χ1n) is 1.67. The molecular weight excluding hydrogens is 78.0 g/mol. The summed E-state index contributed by atoms with van der Waals surface area (Å²) in [6.45, 7) is 5.22. The number of rotatable bonds is 1. The Bertz CT molecular complexity index is 54.6. The molecule has 0 aromatic rings. The van der Waals surface area contributed by atoms with E-state index < -0.39 is 0 Å². The minimum absolute atomic E-state index is 0.692. The molecule has 0 rings (SSSR count). The van der Waals surface area contributed by atoms with E-state index in [4.69, 9.17) is 0 Å². The molecule has 1 radical (unpaired) electrons. The standard InChI is InChI=1S/C4H8NO/c1-4(2)5-6-3/h1H2,2-3H3/b5-4-. The van der Waals surface area contributed by atoms with Gasteiger partial charge < -0.3 is 4.84 Å². The maximum atomic E-state index is 4.33. The summed E-state index contributed by atoms with van der Waals surface area (Å²) >= 11 is 0. The average Bonchev–Trinajstić information content (AvgIpc) is 1.35. The van der Waals surface area contributed by atoms with E-state index in [1.807, 2.05) is 0 Å². The molecule has 0 aliphatic carbocycles. The summed E-state index contributed by atoms with van der Waals surface area (Å²) in [5.41, 5.74) is 0.692. The van der Waals surface area contributed by atoms with Crippen molar-refractivity contribution in [3.63, 3.8) is 0 Å². The lowest BCUT2D eigenvalue weighted by Crippen LogP contribution is -1.79. The van der Waals surface area contributed by atoms with Crippen LogP contribution < -0.4 is 0 Å².